The predicted molar refractivity (Wildman–Crippen MR) is 47.2 cm³/mol. The molecule has 0 bridgehead atoms. The molecule has 0 radical (unpaired) electrons. The normalized spacial score (nSPS) is 8.93. The minimum Gasteiger partial charge on any atom is -0.495 e. The minimum absolute atomic E-state index is 0.138. The maximum absolute atomic E-state index is 12.7. The van der Waals surface area contributed by atoms with Crippen molar-refractivity contribution >= 4 is 11.6 Å². The van der Waals surface area contributed by atoms with Crippen LogP contribution in [0.1, 0.15) is 0 Å². The van der Waals surface area contributed by atoms with Gasteiger partial charge in [-0.2, -0.15) is 5.26 Å². The molecule has 0 heterocycles. The van der Waals surface area contributed by atoms with Gasteiger partial charge in [0.2, 0.25) is 0 Å². The van der Waals surface area contributed by atoms with Crippen LogP contribution in [0, 0.1) is 17.1 Å². The van der Waals surface area contributed by atoms with Crippen LogP contribution in [0.3, 0.4) is 0 Å². The molecule has 0 saturated heterocycles. The quantitative estimate of drug-likeness (QED) is 0.721. The molecule has 1 rings (SSSR count). The van der Waals surface area contributed by atoms with E-state index in [1.54, 1.807) is 0 Å². The molecule has 5 heteroatoms. The van der Waals surface area contributed by atoms with Crippen molar-refractivity contribution in [3.05, 3.63) is 24.0 Å². The zero-order valence-corrected chi connectivity index (χ0v) is 7.37. The van der Waals surface area contributed by atoms with Gasteiger partial charge in [-0.15, -0.1) is 0 Å². The Kier molecular flexibility index (Phi) is 3.02. The number of nitriles is 1. The van der Waals surface area contributed by atoms with E-state index in [-0.39, 0.29) is 5.69 Å². The van der Waals surface area contributed by atoms with Gasteiger partial charge in [-0.1, -0.05) is 0 Å². The summed E-state index contributed by atoms with van der Waals surface area (Å²) in [7, 11) is 1.38. The van der Waals surface area contributed by atoms with Crippen molar-refractivity contribution in [1.82, 2.24) is 0 Å². The van der Waals surface area contributed by atoms with Gasteiger partial charge < -0.3 is 10.1 Å². The van der Waals surface area contributed by atoms with E-state index >= 15 is 0 Å². The van der Waals surface area contributed by atoms with E-state index in [2.05, 4.69) is 5.32 Å². The van der Waals surface area contributed by atoms with Crippen molar-refractivity contribution < 1.29 is 13.9 Å². The summed E-state index contributed by atoms with van der Waals surface area (Å²) < 4.78 is 17.6. The van der Waals surface area contributed by atoms with Crippen LogP contribution in [0.2, 0.25) is 0 Å². The first-order valence-corrected chi connectivity index (χ1v) is 3.72. The summed E-state index contributed by atoms with van der Waals surface area (Å²) in [6.07, 6.45) is 0. The van der Waals surface area contributed by atoms with Crippen molar-refractivity contribution in [3.8, 4) is 11.8 Å². The topological polar surface area (TPSA) is 62.1 Å². The number of benzene rings is 1. The smallest absolute Gasteiger partial charge is 0.326 e. The Balaban J connectivity index is 3.00. The number of ether oxygens (including phenoxy) is 1. The summed E-state index contributed by atoms with van der Waals surface area (Å²) >= 11 is 0. The van der Waals surface area contributed by atoms with Gasteiger partial charge in [0, 0.05) is 6.07 Å². The highest BCUT2D eigenvalue weighted by Gasteiger charge is 2.07. The zero-order chi connectivity index (χ0) is 10.6. The highest BCUT2D eigenvalue weighted by Crippen LogP contribution is 2.24. The van der Waals surface area contributed by atoms with Crippen LogP contribution in [-0.4, -0.2) is 13.0 Å². The Morgan fingerprint density at radius 2 is 2.36 bits per heavy atom. The fourth-order valence-electron chi connectivity index (χ4n) is 0.928. The van der Waals surface area contributed by atoms with E-state index in [1.165, 1.54) is 25.3 Å². The van der Waals surface area contributed by atoms with E-state index in [1.807, 2.05) is 0 Å². The first-order valence-electron chi connectivity index (χ1n) is 3.72. The molecule has 1 aromatic carbocycles. The number of rotatable bonds is 2. The van der Waals surface area contributed by atoms with Gasteiger partial charge >= 0.3 is 5.91 Å². The second kappa shape index (κ2) is 4.23. The highest BCUT2D eigenvalue weighted by atomic mass is 19.1. The molecule has 0 atom stereocenters. The lowest BCUT2D eigenvalue weighted by Gasteiger charge is -2.07. The number of carbonyl (C=O) groups excluding carboxylic acids is 1. The number of methoxy groups -OCH3 is 1. The first kappa shape index (κ1) is 9.99. The molecule has 1 amide bonds. The number of carbonyl (C=O) groups is 1. The average molecular weight is 194 g/mol. The Morgan fingerprint density at radius 1 is 1.64 bits per heavy atom. The van der Waals surface area contributed by atoms with E-state index in [9.17, 15) is 9.18 Å². The monoisotopic (exact) mass is 194 g/mol. The molecule has 0 aliphatic rings. The standard InChI is InChI=1S/C9H7FN2O2/c1-14-8-3-2-6(10)4-7(8)12-9(13)5-11/h2-4H,1H3,(H,12,13). The number of hydrogen-bond donors (Lipinski definition) is 1. The molecule has 0 aliphatic heterocycles. The molecule has 14 heavy (non-hydrogen) atoms. The van der Waals surface area contributed by atoms with Gasteiger partial charge in [0.05, 0.1) is 12.8 Å². The van der Waals surface area contributed by atoms with E-state index in [0.717, 1.165) is 6.07 Å². The van der Waals surface area contributed by atoms with Crippen LogP contribution in [0.5, 0.6) is 5.75 Å². The number of anilines is 1. The summed E-state index contributed by atoms with van der Waals surface area (Å²) in [6, 6.07) is 4.99. The lowest BCUT2D eigenvalue weighted by atomic mass is 10.3. The Morgan fingerprint density at radius 3 is 2.93 bits per heavy atom. The summed E-state index contributed by atoms with van der Waals surface area (Å²) in [5.41, 5.74) is 0.138. The van der Waals surface area contributed by atoms with Gasteiger partial charge in [-0.3, -0.25) is 4.79 Å². The maximum Gasteiger partial charge on any atom is 0.326 e. The third kappa shape index (κ3) is 2.20. The molecule has 0 aromatic heterocycles. The van der Waals surface area contributed by atoms with Crippen molar-refractivity contribution in [3.63, 3.8) is 0 Å². The Bertz CT molecular complexity index is 398. The molecular formula is C9H7FN2O2. The van der Waals surface area contributed by atoms with E-state index in [4.69, 9.17) is 10.00 Å². The average Bonchev–Trinajstić information content (AvgIpc) is 2.18. The van der Waals surface area contributed by atoms with Crippen LogP contribution < -0.4 is 10.1 Å². The molecule has 0 saturated carbocycles. The van der Waals surface area contributed by atoms with Crippen LogP contribution in [0.25, 0.3) is 0 Å². The lowest BCUT2D eigenvalue weighted by molar-refractivity contribution is -0.111. The molecule has 0 spiro atoms. The molecule has 72 valence electrons. The molecule has 0 fully saturated rings. The number of hydrogen-bond acceptors (Lipinski definition) is 3. The maximum atomic E-state index is 12.7. The van der Waals surface area contributed by atoms with Gasteiger partial charge in [-0.25, -0.2) is 4.39 Å². The summed E-state index contributed by atoms with van der Waals surface area (Å²) in [4.78, 5) is 10.7. The Hall–Kier alpha value is -2.09. The van der Waals surface area contributed by atoms with Crippen molar-refractivity contribution in [2.75, 3.05) is 12.4 Å². The third-order valence-electron chi connectivity index (χ3n) is 1.51. The van der Waals surface area contributed by atoms with Crippen LogP contribution in [-0.2, 0) is 4.79 Å². The number of amides is 1. The molecule has 0 aliphatic carbocycles. The molecule has 4 nitrogen and oxygen atoms in total. The fourth-order valence-corrected chi connectivity index (χ4v) is 0.928. The van der Waals surface area contributed by atoms with Crippen molar-refractivity contribution in [2.45, 2.75) is 0 Å². The summed E-state index contributed by atoms with van der Waals surface area (Å²) in [5, 5.41) is 10.4. The second-order valence-corrected chi connectivity index (χ2v) is 2.41. The summed E-state index contributed by atoms with van der Waals surface area (Å²) in [6.45, 7) is 0. The molecular weight excluding hydrogens is 187 g/mol. The largest absolute Gasteiger partial charge is 0.495 e. The number of nitrogens with zero attached hydrogens (tertiary/aromatic N) is 1. The van der Waals surface area contributed by atoms with Gasteiger partial charge in [-0.05, 0) is 12.1 Å². The van der Waals surface area contributed by atoms with Crippen LogP contribution in [0.15, 0.2) is 18.2 Å². The summed E-state index contributed by atoms with van der Waals surface area (Å²) in [5.74, 6) is -1.08. The molecule has 1 aromatic rings. The minimum atomic E-state index is -0.867. The number of nitrogens with one attached hydrogen (secondary N) is 1. The second-order valence-electron chi connectivity index (χ2n) is 2.41. The fraction of sp³-hybridized carbons (Fsp3) is 0.111. The number of halogens is 1. The molecule has 0 unspecified atom stereocenters. The predicted octanol–water partition coefficient (Wildman–Crippen LogP) is 1.30. The van der Waals surface area contributed by atoms with E-state index in [0.29, 0.717) is 5.75 Å². The van der Waals surface area contributed by atoms with Crippen LogP contribution >= 0.6 is 0 Å². The zero-order valence-electron chi connectivity index (χ0n) is 7.37. The van der Waals surface area contributed by atoms with Crippen molar-refractivity contribution in [1.29, 1.82) is 5.26 Å². The lowest BCUT2D eigenvalue weighted by Crippen LogP contribution is -2.09. The van der Waals surface area contributed by atoms with Crippen LogP contribution in [0.4, 0.5) is 10.1 Å². The molecule has 1 N–H and O–H groups in total. The SMILES string of the molecule is COc1ccc(F)cc1NC(=O)C#N. The van der Waals surface area contributed by atoms with Crippen molar-refractivity contribution in [2.24, 2.45) is 0 Å². The van der Waals surface area contributed by atoms with E-state index < -0.39 is 11.7 Å². The Labute approximate surface area is 79.9 Å². The van der Waals surface area contributed by atoms with Gasteiger partial charge in [0.25, 0.3) is 0 Å². The third-order valence-corrected chi connectivity index (χ3v) is 1.51. The first-order chi connectivity index (χ1) is 6.67. The highest BCUT2D eigenvalue weighted by molar-refractivity contribution is 6.03. The van der Waals surface area contributed by atoms with Gasteiger partial charge in [0.15, 0.2) is 6.07 Å². The van der Waals surface area contributed by atoms with Gasteiger partial charge in [0.1, 0.15) is 11.6 Å².